The smallest absolute Gasteiger partial charge is 0.277 e. The van der Waals surface area contributed by atoms with Crippen LogP contribution in [0.2, 0.25) is 0 Å². The van der Waals surface area contributed by atoms with Gasteiger partial charge in [0, 0.05) is 6.54 Å². The zero-order chi connectivity index (χ0) is 16.7. The summed E-state index contributed by atoms with van der Waals surface area (Å²) >= 11 is 2.78. The van der Waals surface area contributed by atoms with Gasteiger partial charge in [0.2, 0.25) is 5.91 Å². The number of nitrogens with one attached hydrogen (secondary N) is 1. The number of thiazole rings is 1. The highest BCUT2D eigenvalue weighted by molar-refractivity contribution is 7.99. The maximum Gasteiger partial charge on any atom is 0.277 e. The van der Waals surface area contributed by atoms with Gasteiger partial charge in [0.15, 0.2) is 0 Å². The van der Waals surface area contributed by atoms with Crippen molar-refractivity contribution in [3.05, 3.63) is 10.7 Å². The molecule has 0 aliphatic rings. The third-order valence-electron chi connectivity index (χ3n) is 3.18. The van der Waals surface area contributed by atoms with E-state index in [1.54, 1.807) is 0 Å². The molecular weight excluding hydrogens is 332 g/mol. The molecule has 2 aromatic heterocycles. The summed E-state index contributed by atoms with van der Waals surface area (Å²) in [6.45, 7) is 6.76. The SMILES string of the molecule is CCCCCCNC(=O)CSc1nnc(-c2sc(C)nc2C)o1. The first kappa shape index (κ1) is 17.9. The Bertz CT molecular complexity index is 639. The minimum absolute atomic E-state index is 0.00364. The molecule has 0 unspecified atom stereocenters. The van der Waals surface area contributed by atoms with Gasteiger partial charge in [-0.1, -0.05) is 37.9 Å². The Morgan fingerprint density at radius 2 is 2.09 bits per heavy atom. The number of aromatic nitrogens is 3. The molecule has 2 heterocycles. The van der Waals surface area contributed by atoms with Crippen molar-refractivity contribution in [2.75, 3.05) is 12.3 Å². The van der Waals surface area contributed by atoms with Gasteiger partial charge < -0.3 is 9.73 Å². The summed E-state index contributed by atoms with van der Waals surface area (Å²) < 4.78 is 5.60. The molecule has 0 aliphatic carbocycles. The molecule has 8 heteroatoms. The molecule has 1 amide bonds. The van der Waals surface area contributed by atoms with Gasteiger partial charge in [-0.3, -0.25) is 4.79 Å². The summed E-state index contributed by atoms with van der Waals surface area (Å²) in [6.07, 6.45) is 4.59. The van der Waals surface area contributed by atoms with Crippen molar-refractivity contribution < 1.29 is 9.21 Å². The summed E-state index contributed by atoms with van der Waals surface area (Å²) in [5.41, 5.74) is 0.887. The molecule has 0 spiro atoms. The van der Waals surface area contributed by atoms with Crippen molar-refractivity contribution >= 4 is 29.0 Å². The topological polar surface area (TPSA) is 80.9 Å². The minimum atomic E-state index is -0.00364. The third-order valence-corrected chi connectivity index (χ3v) is 5.06. The van der Waals surface area contributed by atoms with Gasteiger partial charge in [0.25, 0.3) is 11.1 Å². The number of unbranched alkanes of at least 4 members (excludes halogenated alkanes) is 3. The second-order valence-electron chi connectivity index (χ2n) is 5.22. The average molecular weight is 355 g/mol. The monoisotopic (exact) mass is 354 g/mol. The molecule has 0 aliphatic heterocycles. The Hall–Kier alpha value is -1.41. The van der Waals surface area contributed by atoms with Crippen LogP contribution in [0, 0.1) is 13.8 Å². The van der Waals surface area contributed by atoms with E-state index in [9.17, 15) is 4.79 Å². The Balaban J connectivity index is 1.76. The molecule has 23 heavy (non-hydrogen) atoms. The van der Waals surface area contributed by atoms with E-state index in [4.69, 9.17) is 4.42 Å². The van der Waals surface area contributed by atoms with E-state index in [2.05, 4.69) is 27.4 Å². The van der Waals surface area contributed by atoms with Crippen LogP contribution < -0.4 is 5.32 Å². The molecule has 0 saturated heterocycles. The Kier molecular flexibility index (Phi) is 7.04. The fraction of sp³-hybridized carbons (Fsp3) is 0.600. The maximum absolute atomic E-state index is 11.8. The van der Waals surface area contributed by atoms with Crippen molar-refractivity contribution in [2.24, 2.45) is 0 Å². The molecule has 1 N–H and O–H groups in total. The Morgan fingerprint density at radius 3 is 2.78 bits per heavy atom. The molecule has 0 bridgehead atoms. The zero-order valence-electron chi connectivity index (χ0n) is 13.7. The van der Waals surface area contributed by atoms with Crippen LogP contribution in [0.3, 0.4) is 0 Å². The van der Waals surface area contributed by atoms with E-state index in [0.29, 0.717) is 11.1 Å². The fourth-order valence-corrected chi connectivity index (χ4v) is 3.48. The first-order valence-corrected chi connectivity index (χ1v) is 9.57. The van der Waals surface area contributed by atoms with Crippen molar-refractivity contribution in [3.8, 4) is 10.8 Å². The molecule has 0 aromatic carbocycles. The highest BCUT2D eigenvalue weighted by atomic mass is 32.2. The molecule has 2 rings (SSSR count). The second kappa shape index (κ2) is 9.02. The van der Waals surface area contributed by atoms with Gasteiger partial charge in [-0.25, -0.2) is 4.98 Å². The minimum Gasteiger partial charge on any atom is -0.410 e. The highest BCUT2D eigenvalue weighted by Crippen LogP contribution is 2.30. The van der Waals surface area contributed by atoms with Crippen molar-refractivity contribution in [1.29, 1.82) is 0 Å². The maximum atomic E-state index is 11.8. The van der Waals surface area contributed by atoms with Gasteiger partial charge >= 0.3 is 0 Å². The van der Waals surface area contributed by atoms with Crippen LogP contribution >= 0.6 is 23.1 Å². The number of nitrogens with zero attached hydrogens (tertiary/aromatic N) is 3. The largest absolute Gasteiger partial charge is 0.410 e. The first-order valence-electron chi connectivity index (χ1n) is 7.77. The second-order valence-corrected chi connectivity index (χ2v) is 7.35. The highest BCUT2D eigenvalue weighted by Gasteiger charge is 2.15. The predicted octanol–water partition coefficient (Wildman–Crippen LogP) is 3.60. The van der Waals surface area contributed by atoms with Crippen molar-refractivity contribution in [3.63, 3.8) is 0 Å². The van der Waals surface area contributed by atoms with E-state index < -0.39 is 0 Å². The molecule has 0 atom stereocenters. The molecule has 2 aromatic rings. The number of thioether (sulfide) groups is 1. The Labute approximate surface area is 144 Å². The lowest BCUT2D eigenvalue weighted by molar-refractivity contribution is -0.118. The first-order chi connectivity index (χ1) is 11.1. The van der Waals surface area contributed by atoms with Crippen LogP contribution in [0.25, 0.3) is 10.8 Å². The standard InChI is InChI=1S/C15H22N4O2S2/c1-4-5-6-7-8-16-12(20)9-22-15-19-18-14(21-15)13-10(2)17-11(3)23-13/h4-9H2,1-3H3,(H,16,20). The van der Waals surface area contributed by atoms with Gasteiger partial charge in [-0.2, -0.15) is 0 Å². The van der Waals surface area contributed by atoms with Crippen molar-refractivity contribution in [2.45, 2.75) is 51.7 Å². The summed E-state index contributed by atoms with van der Waals surface area (Å²) in [4.78, 5) is 17.0. The number of carbonyl (C=O) groups is 1. The molecule has 0 radical (unpaired) electrons. The van der Waals surface area contributed by atoms with E-state index in [-0.39, 0.29) is 11.7 Å². The third kappa shape index (κ3) is 5.62. The number of amides is 1. The quantitative estimate of drug-likeness (QED) is 0.547. The lowest BCUT2D eigenvalue weighted by atomic mass is 10.2. The van der Waals surface area contributed by atoms with E-state index >= 15 is 0 Å². The number of carbonyl (C=O) groups excluding carboxylic acids is 1. The predicted molar refractivity (Wildman–Crippen MR) is 92.8 cm³/mol. The van der Waals surface area contributed by atoms with Crippen LogP contribution in [0.1, 0.15) is 43.3 Å². The molecule has 126 valence electrons. The summed E-state index contributed by atoms with van der Waals surface area (Å²) in [5, 5.41) is 12.3. The van der Waals surface area contributed by atoms with Crippen LogP contribution in [-0.4, -0.2) is 33.4 Å². The van der Waals surface area contributed by atoms with Gasteiger partial charge in [-0.05, 0) is 20.3 Å². The molecule has 0 saturated carbocycles. The average Bonchev–Trinajstić information content (AvgIpc) is 3.11. The molecular formula is C15H22N4O2S2. The van der Waals surface area contributed by atoms with Crippen molar-refractivity contribution in [1.82, 2.24) is 20.5 Å². The summed E-state index contributed by atoms with van der Waals surface area (Å²) in [6, 6.07) is 0. The van der Waals surface area contributed by atoms with Gasteiger partial charge in [0.1, 0.15) is 4.88 Å². The molecule has 0 fully saturated rings. The van der Waals surface area contributed by atoms with E-state index in [1.165, 1.54) is 35.9 Å². The summed E-state index contributed by atoms with van der Waals surface area (Å²) in [7, 11) is 0. The van der Waals surface area contributed by atoms with Gasteiger partial charge in [-0.15, -0.1) is 21.5 Å². The van der Waals surface area contributed by atoms with E-state index in [0.717, 1.165) is 35.0 Å². The van der Waals surface area contributed by atoms with Gasteiger partial charge in [0.05, 0.1) is 16.5 Å². The fourth-order valence-electron chi connectivity index (χ4n) is 2.05. The normalized spacial score (nSPS) is 10.9. The lowest BCUT2D eigenvalue weighted by Gasteiger charge is -2.03. The zero-order valence-corrected chi connectivity index (χ0v) is 15.4. The summed E-state index contributed by atoms with van der Waals surface area (Å²) in [5.74, 6) is 0.752. The number of hydrogen-bond acceptors (Lipinski definition) is 7. The lowest BCUT2D eigenvalue weighted by Crippen LogP contribution is -2.26. The van der Waals surface area contributed by atoms with Crippen LogP contribution in [0.5, 0.6) is 0 Å². The number of aryl methyl sites for hydroxylation is 2. The van der Waals surface area contributed by atoms with Crippen LogP contribution in [0.15, 0.2) is 9.64 Å². The number of hydrogen-bond donors (Lipinski definition) is 1. The van der Waals surface area contributed by atoms with Crippen LogP contribution in [0.4, 0.5) is 0 Å². The Morgan fingerprint density at radius 1 is 1.26 bits per heavy atom. The van der Waals surface area contributed by atoms with Crippen LogP contribution in [-0.2, 0) is 4.79 Å². The van der Waals surface area contributed by atoms with E-state index in [1.807, 2.05) is 13.8 Å². The molecule has 6 nitrogen and oxygen atoms in total. The number of rotatable bonds is 9.